The lowest BCUT2D eigenvalue weighted by molar-refractivity contribution is -0.126. The van der Waals surface area contributed by atoms with Crippen molar-refractivity contribution in [2.24, 2.45) is 0 Å². The van der Waals surface area contributed by atoms with Crippen LogP contribution in [0.1, 0.15) is 15.9 Å². The number of carbonyl (C=O) groups excluding carboxylic acids is 2. The smallest absolute Gasteiger partial charge is 0.257 e. The Bertz CT molecular complexity index is 1230. The van der Waals surface area contributed by atoms with Gasteiger partial charge in [-0.25, -0.2) is 0 Å². The van der Waals surface area contributed by atoms with Gasteiger partial charge < -0.3 is 15.1 Å². The average Bonchev–Trinajstić information content (AvgIpc) is 2.85. The molecule has 0 spiro atoms. The Kier molecular flexibility index (Phi) is 7.93. The summed E-state index contributed by atoms with van der Waals surface area (Å²) in [6, 6.07) is 20.3. The van der Waals surface area contributed by atoms with E-state index in [1.807, 2.05) is 53.4 Å². The number of nitrogens with zero attached hydrogens (tertiary/aromatic N) is 2. The van der Waals surface area contributed by atoms with Gasteiger partial charge in [-0.15, -0.1) is 0 Å². The third kappa shape index (κ3) is 6.00. The van der Waals surface area contributed by atoms with Gasteiger partial charge in [0.1, 0.15) is 0 Å². The fourth-order valence-corrected chi connectivity index (χ4v) is 4.58. The van der Waals surface area contributed by atoms with Gasteiger partial charge in [-0.05, 0) is 48.0 Å². The molecule has 174 valence electrons. The maximum absolute atomic E-state index is 12.6. The first-order valence-corrected chi connectivity index (χ1v) is 12.3. The number of amides is 2. The van der Waals surface area contributed by atoms with Crippen molar-refractivity contribution in [2.75, 3.05) is 36.4 Å². The molecule has 1 fully saturated rings. The second kappa shape index (κ2) is 11.1. The van der Waals surface area contributed by atoms with Crippen LogP contribution in [0.25, 0.3) is 6.08 Å². The molecule has 1 saturated heterocycles. The van der Waals surface area contributed by atoms with Crippen LogP contribution in [0.4, 0.5) is 11.4 Å². The van der Waals surface area contributed by atoms with Gasteiger partial charge in [-0.1, -0.05) is 69.5 Å². The molecular weight excluding hydrogens is 537 g/mol. The van der Waals surface area contributed by atoms with Crippen LogP contribution >= 0.6 is 39.1 Å². The second-order valence-corrected chi connectivity index (χ2v) is 9.53. The fourth-order valence-electron chi connectivity index (χ4n) is 3.72. The number of hydrogen-bond acceptors (Lipinski definition) is 3. The van der Waals surface area contributed by atoms with E-state index in [2.05, 4.69) is 26.1 Å². The third-order valence-corrected chi connectivity index (χ3v) is 6.65. The van der Waals surface area contributed by atoms with E-state index in [4.69, 9.17) is 23.2 Å². The van der Waals surface area contributed by atoms with Gasteiger partial charge in [0.15, 0.2) is 0 Å². The first-order chi connectivity index (χ1) is 16.4. The molecule has 8 heteroatoms. The van der Waals surface area contributed by atoms with Gasteiger partial charge in [0.2, 0.25) is 5.91 Å². The van der Waals surface area contributed by atoms with Crippen LogP contribution in [0.2, 0.25) is 10.0 Å². The van der Waals surface area contributed by atoms with Gasteiger partial charge in [0.05, 0.1) is 21.3 Å². The Morgan fingerprint density at radius 1 is 0.882 bits per heavy atom. The first-order valence-electron chi connectivity index (χ1n) is 10.7. The molecule has 3 aromatic rings. The Morgan fingerprint density at radius 2 is 1.62 bits per heavy atom. The summed E-state index contributed by atoms with van der Waals surface area (Å²) < 4.78 is 0.767. The van der Waals surface area contributed by atoms with E-state index < -0.39 is 0 Å². The van der Waals surface area contributed by atoms with Crippen molar-refractivity contribution in [3.05, 3.63) is 98.5 Å². The second-order valence-electron chi connectivity index (χ2n) is 7.80. The van der Waals surface area contributed by atoms with Crippen molar-refractivity contribution in [1.82, 2.24) is 4.90 Å². The summed E-state index contributed by atoms with van der Waals surface area (Å²) in [4.78, 5) is 29.1. The van der Waals surface area contributed by atoms with Gasteiger partial charge in [0.25, 0.3) is 5.91 Å². The zero-order valence-corrected chi connectivity index (χ0v) is 21.3. The van der Waals surface area contributed by atoms with E-state index in [1.54, 1.807) is 30.3 Å². The van der Waals surface area contributed by atoms with E-state index in [9.17, 15) is 9.59 Å². The van der Waals surface area contributed by atoms with Crippen molar-refractivity contribution >= 4 is 68.4 Å². The Labute approximate surface area is 217 Å². The Morgan fingerprint density at radius 3 is 2.32 bits per heavy atom. The summed E-state index contributed by atoms with van der Waals surface area (Å²) in [5.41, 5.74) is 2.82. The lowest BCUT2D eigenvalue weighted by atomic mass is 10.2. The molecule has 3 aromatic carbocycles. The highest BCUT2D eigenvalue weighted by atomic mass is 79.9. The standard InChI is InChI=1S/C26H22BrCl2N3O2/c27-19-7-9-22(28)21(16-19)26(34)30-20-8-10-24(23(29)17-20)31-12-14-32(15-13-31)25(33)11-6-18-4-2-1-3-5-18/h1-11,16-17H,12-15H2,(H,30,34)/b11-6+. The normalized spacial score (nSPS) is 13.9. The minimum atomic E-state index is -0.314. The molecule has 4 rings (SSSR count). The number of nitrogens with one attached hydrogen (secondary N) is 1. The minimum Gasteiger partial charge on any atom is -0.367 e. The van der Waals surface area contributed by atoms with Crippen LogP contribution in [-0.2, 0) is 4.79 Å². The summed E-state index contributed by atoms with van der Waals surface area (Å²) in [6.45, 7) is 2.55. The minimum absolute atomic E-state index is 0.00105. The van der Waals surface area contributed by atoms with Crippen LogP contribution in [0.5, 0.6) is 0 Å². The van der Waals surface area contributed by atoms with Crippen molar-refractivity contribution in [2.45, 2.75) is 0 Å². The highest BCUT2D eigenvalue weighted by Gasteiger charge is 2.21. The van der Waals surface area contributed by atoms with Crippen LogP contribution in [0, 0.1) is 0 Å². The number of hydrogen-bond donors (Lipinski definition) is 1. The maximum atomic E-state index is 12.6. The average molecular weight is 559 g/mol. The molecule has 1 heterocycles. The quantitative estimate of drug-likeness (QED) is 0.370. The van der Waals surface area contributed by atoms with E-state index in [1.165, 1.54) is 0 Å². The summed E-state index contributed by atoms with van der Waals surface area (Å²) in [6.07, 6.45) is 3.45. The molecule has 0 bridgehead atoms. The zero-order valence-electron chi connectivity index (χ0n) is 18.2. The SMILES string of the molecule is O=C(Nc1ccc(N2CCN(C(=O)/C=C/c3ccccc3)CC2)c(Cl)c1)c1cc(Br)ccc1Cl. The largest absolute Gasteiger partial charge is 0.367 e. The number of carbonyl (C=O) groups is 2. The Balaban J connectivity index is 1.35. The van der Waals surface area contributed by atoms with E-state index in [0.29, 0.717) is 47.5 Å². The maximum Gasteiger partial charge on any atom is 0.257 e. The van der Waals surface area contributed by atoms with E-state index in [-0.39, 0.29) is 11.8 Å². The van der Waals surface area contributed by atoms with Crippen molar-refractivity contribution < 1.29 is 9.59 Å². The first kappa shape index (κ1) is 24.3. The zero-order chi connectivity index (χ0) is 24.1. The molecule has 34 heavy (non-hydrogen) atoms. The van der Waals surface area contributed by atoms with Crippen LogP contribution in [-0.4, -0.2) is 42.9 Å². The molecule has 2 amide bonds. The van der Waals surface area contributed by atoms with E-state index >= 15 is 0 Å². The number of benzene rings is 3. The van der Waals surface area contributed by atoms with Crippen LogP contribution in [0.3, 0.4) is 0 Å². The number of piperazine rings is 1. The van der Waals surface area contributed by atoms with Crippen LogP contribution in [0.15, 0.2) is 77.3 Å². The topological polar surface area (TPSA) is 52.7 Å². The van der Waals surface area contributed by atoms with E-state index in [0.717, 1.165) is 15.7 Å². The highest BCUT2D eigenvalue weighted by molar-refractivity contribution is 9.10. The predicted molar refractivity (Wildman–Crippen MR) is 143 cm³/mol. The van der Waals surface area contributed by atoms with Gasteiger partial charge in [-0.2, -0.15) is 0 Å². The molecule has 0 saturated carbocycles. The molecule has 1 aliphatic heterocycles. The predicted octanol–water partition coefficient (Wildman–Crippen LogP) is 6.37. The van der Waals surface area contributed by atoms with Crippen molar-refractivity contribution in [1.29, 1.82) is 0 Å². The molecule has 1 N–H and O–H groups in total. The molecule has 1 aliphatic rings. The fraction of sp³-hybridized carbons (Fsp3) is 0.154. The van der Waals surface area contributed by atoms with Crippen molar-refractivity contribution in [3.63, 3.8) is 0 Å². The lowest BCUT2D eigenvalue weighted by Gasteiger charge is -2.36. The molecule has 5 nitrogen and oxygen atoms in total. The van der Waals surface area contributed by atoms with Gasteiger partial charge in [0, 0.05) is 42.4 Å². The van der Waals surface area contributed by atoms with Gasteiger partial charge >= 0.3 is 0 Å². The Hall–Kier alpha value is -2.80. The lowest BCUT2D eigenvalue weighted by Crippen LogP contribution is -2.48. The van der Waals surface area contributed by atoms with Gasteiger partial charge in [-0.3, -0.25) is 9.59 Å². The van der Waals surface area contributed by atoms with Crippen LogP contribution < -0.4 is 10.2 Å². The molecular formula is C26H22BrCl2N3O2. The van der Waals surface area contributed by atoms with Crippen molar-refractivity contribution in [3.8, 4) is 0 Å². The molecule has 0 unspecified atom stereocenters. The highest BCUT2D eigenvalue weighted by Crippen LogP contribution is 2.30. The molecule has 0 atom stereocenters. The monoisotopic (exact) mass is 557 g/mol. The summed E-state index contributed by atoms with van der Waals surface area (Å²) in [5.74, 6) is -0.315. The molecule has 0 aliphatic carbocycles. The summed E-state index contributed by atoms with van der Waals surface area (Å²) >= 11 is 16.1. The molecule has 0 aromatic heterocycles. The third-order valence-electron chi connectivity index (χ3n) is 5.53. The number of rotatable bonds is 5. The molecule has 0 radical (unpaired) electrons. The summed E-state index contributed by atoms with van der Waals surface area (Å²) in [5, 5.41) is 3.74. The number of halogens is 3. The summed E-state index contributed by atoms with van der Waals surface area (Å²) in [7, 11) is 0. The number of anilines is 2.